The average molecular weight is 413 g/mol. The molecule has 1 aromatic heterocycles. The number of aliphatic imine (C=N–C) groups is 1. The standard InChI is InChI=1S/C22H32N6O2/c1-27(2)21(29)16-25-22(24-15-20-10-5-6-13-30-20)23-14-18-8-3-4-9-19(18)17-28-12-7-11-26-28/h3-4,7-9,11-12,20H,5-6,10,13-17H2,1-2H3,(H2,23,24,25). The van der Waals surface area contributed by atoms with E-state index in [1.807, 2.05) is 29.1 Å². The zero-order chi connectivity index (χ0) is 21.2. The van der Waals surface area contributed by atoms with Crippen LogP contribution >= 0.6 is 0 Å². The summed E-state index contributed by atoms with van der Waals surface area (Å²) in [4.78, 5) is 18.3. The van der Waals surface area contributed by atoms with E-state index in [9.17, 15) is 4.79 Å². The Morgan fingerprint density at radius 3 is 2.77 bits per heavy atom. The van der Waals surface area contributed by atoms with Gasteiger partial charge in [0, 0.05) is 39.6 Å². The highest BCUT2D eigenvalue weighted by Crippen LogP contribution is 2.13. The largest absolute Gasteiger partial charge is 0.376 e. The van der Waals surface area contributed by atoms with Crippen molar-refractivity contribution < 1.29 is 9.53 Å². The van der Waals surface area contributed by atoms with Gasteiger partial charge in [0.1, 0.15) is 0 Å². The van der Waals surface area contributed by atoms with Gasteiger partial charge in [0.15, 0.2) is 5.96 Å². The summed E-state index contributed by atoms with van der Waals surface area (Å²) in [5.74, 6) is 0.616. The van der Waals surface area contributed by atoms with E-state index >= 15 is 0 Å². The molecule has 1 amide bonds. The summed E-state index contributed by atoms with van der Waals surface area (Å²) in [6.45, 7) is 2.89. The molecule has 1 atom stereocenters. The van der Waals surface area contributed by atoms with Gasteiger partial charge in [-0.1, -0.05) is 24.3 Å². The third-order valence-electron chi connectivity index (χ3n) is 5.09. The second kappa shape index (κ2) is 11.3. The lowest BCUT2D eigenvalue weighted by atomic mass is 10.1. The fourth-order valence-electron chi connectivity index (χ4n) is 3.27. The molecule has 2 N–H and O–H groups in total. The minimum absolute atomic E-state index is 0.00232. The first-order valence-corrected chi connectivity index (χ1v) is 10.5. The second-order valence-corrected chi connectivity index (χ2v) is 7.65. The monoisotopic (exact) mass is 412 g/mol. The number of rotatable bonds is 8. The van der Waals surface area contributed by atoms with Crippen LogP contribution in [0.3, 0.4) is 0 Å². The minimum Gasteiger partial charge on any atom is -0.376 e. The van der Waals surface area contributed by atoms with Crippen molar-refractivity contribution in [2.45, 2.75) is 38.5 Å². The predicted octanol–water partition coefficient (Wildman–Crippen LogP) is 1.62. The number of hydrogen-bond acceptors (Lipinski definition) is 4. The van der Waals surface area contributed by atoms with Gasteiger partial charge in [0.25, 0.3) is 0 Å². The Morgan fingerprint density at radius 1 is 1.23 bits per heavy atom. The van der Waals surface area contributed by atoms with E-state index in [-0.39, 0.29) is 18.6 Å². The van der Waals surface area contributed by atoms with Crippen LogP contribution in [-0.2, 0) is 22.6 Å². The number of guanidine groups is 1. The maximum absolute atomic E-state index is 12.0. The zero-order valence-corrected chi connectivity index (χ0v) is 17.9. The first-order chi connectivity index (χ1) is 14.6. The smallest absolute Gasteiger partial charge is 0.241 e. The summed E-state index contributed by atoms with van der Waals surface area (Å²) < 4.78 is 7.70. The Hall–Kier alpha value is -2.87. The van der Waals surface area contributed by atoms with Crippen LogP contribution in [0, 0.1) is 0 Å². The molecule has 162 valence electrons. The molecular weight excluding hydrogens is 380 g/mol. The third kappa shape index (κ3) is 6.88. The molecule has 3 rings (SSSR count). The van der Waals surface area contributed by atoms with Crippen LogP contribution in [0.2, 0.25) is 0 Å². The second-order valence-electron chi connectivity index (χ2n) is 7.65. The van der Waals surface area contributed by atoms with E-state index in [2.05, 4.69) is 27.9 Å². The molecule has 2 aromatic rings. The zero-order valence-electron chi connectivity index (χ0n) is 17.9. The van der Waals surface area contributed by atoms with E-state index in [1.54, 1.807) is 25.2 Å². The Labute approximate surface area is 178 Å². The molecule has 1 fully saturated rings. The molecule has 2 heterocycles. The van der Waals surface area contributed by atoms with Gasteiger partial charge in [0.05, 0.1) is 25.7 Å². The van der Waals surface area contributed by atoms with Crippen molar-refractivity contribution in [1.29, 1.82) is 0 Å². The third-order valence-corrected chi connectivity index (χ3v) is 5.09. The molecule has 0 spiro atoms. The molecular formula is C22H32N6O2. The van der Waals surface area contributed by atoms with Gasteiger partial charge in [-0.25, -0.2) is 4.99 Å². The number of carbonyl (C=O) groups excluding carboxylic acids is 1. The number of benzene rings is 1. The lowest BCUT2D eigenvalue weighted by Gasteiger charge is -2.24. The van der Waals surface area contributed by atoms with Crippen molar-refractivity contribution in [1.82, 2.24) is 25.3 Å². The first-order valence-electron chi connectivity index (χ1n) is 10.5. The Morgan fingerprint density at radius 2 is 2.07 bits per heavy atom. The van der Waals surface area contributed by atoms with Gasteiger partial charge in [0.2, 0.25) is 5.91 Å². The predicted molar refractivity (Wildman–Crippen MR) is 117 cm³/mol. The molecule has 1 aliphatic rings. The molecule has 0 radical (unpaired) electrons. The van der Waals surface area contributed by atoms with Gasteiger partial charge < -0.3 is 20.3 Å². The number of amides is 1. The normalized spacial score (nSPS) is 16.9. The van der Waals surface area contributed by atoms with Crippen molar-refractivity contribution in [3.05, 3.63) is 53.9 Å². The number of carbonyl (C=O) groups is 1. The van der Waals surface area contributed by atoms with Gasteiger partial charge in [-0.3, -0.25) is 9.48 Å². The van der Waals surface area contributed by atoms with E-state index in [0.29, 0.717) is 25.6 Å². The van der Waals surface area contributed by atoms with Crippen LogP contribution in [0.4, 0.5) is 0 Å². The summed E-state index contributed by atoms with van der Waals surface area (Å²) in [6.07, 6.45) is 7.27. The number of nitrogens with one attached hydrogen (secondary N) is 2. The summed E-state index contributed by atoms with van der Waals surface area (Å²) in [5, 5.41) is 10.8. The van der Waals surface area contributed by atoms with Crippen LogP contribution < -0.4 is 10.6 Å². The van der Waals surface area contributed by atoms with Crippen LogP contribution in [0.1, 0.15) is 30.4 Å². The summed E-state index contributed by atoms with van der Waals surface area (Å²) in [5.41, 5.74) is 2.30. The maximum Gasteiger partial charge on any atom is 0.241 e. The number of aromatic nitrogens is 2. The van der Waals surface area contributed by atoms with Crippen molar-refractivity contribution in [2.24, 2.45) is 4.99 Å². The molecule has 8 heteroatoms. The van der Waals surface area contributed by atoms with Gasteiger partial charge in [-0.15, -0.1) is 0 Å². The number of ether oxygens (including phenoxy) is 1. The van der Waals surface area contributed by atoms with Crippen molar-refractivity contribution in [2.75, 3.05) is 33.8 Å². The molecule has 8 nitrogen and oxygen atoms in total. The SMILES string of the molecule is CN(C)C(=O)CNC(=NCc1ccccc1Cn1cccn1)NCC1CCCCO1. The van der Waals surface area contributed by atoms with E-state index in [4.69, 9.17) is 9.73 Å². The fourth-order valence-corrected chi connectivity index (χ4v) is 3.27. The molecule has 0 saturated carbocycles. The van der Waals surface area contributed by atoms with Crippen LogP contribution in [0.5, 0.6) is 0 Å². The first kappa shape index (κ1) is 21.8. The van der Waals surface area contributed by atoms with Crippen molar-refractivity contribution in [3.63, 3.8) is 0 Å². The lowest BCUT2D eigenvalue weighted by Crippen LogP contribution is -2.45. The highest BCUT2D eigenvalue weighted by molar-refractivity contribution is 5.86. The summed E-state index contributed by atoms with van der Waals surface area (Å²) >= 11 is 0. The fraction of sp³-hybridized carbons (Fsp3) is 0.500. The maximum atomic E-state index is 12.0. The minimum atomic E-state index is -0.00232. The molecule has 1 unspecified atom stereocenters. The molecule has 30 heavy (non-hydrogen) atoms. The quantitative estimate of drug-likeness (QED) is 0.509. The molecule has 1 aromatic carbocycles. The molecule has 1 aliphatic heterocycles. The summed E-state index contributed by atoms with van der Waals surface area (Å²) in [6, 6.07) is 10.1. The molecule has 1 saturated heterocycles. The van der Waals surface area contributed by atoms with Gasteiger partial charge in [-0.2, -0.15) is 5.10 Å². The van der Waals surface area contributed by atoms with E-state index < -0.39 is 0 Å². The average Bonchev–Trinajstić information content (AvgIpc) is 3.27. The summed E-state index contributed by atoms with van der Waals surface area (Å²) in [7, 11) is 3.49. The molecule has 0 bridgehead atoms. The van der Waals surface area contributed by atoms with Crippen molar-refractivity contribution >= 4 is 11.9 Å². The van der Waals surface area contributed by atoms with Crippen LogP contribution in [0.15, 0.2) is 47.7 Å². The number of hydrogen-bond donors (Lipinski definition) is 2. The van der Waals surface area contributed by atoms with Crippen molar-refractivity contribution in [3.8, 4) is 0 Å². The van der Waals surface area contributed by atoms with Crippen LogP contribution in [0.25, 0.3) is 0 Å². The number of likely N-dealkylation sites (N-methyl/N-ethyl adjacent to an activating group) is 1. The molecule has 0 aliphatic carbocycles. The van der Waals surface area contributed by atoms with Crippen LogP contribution in [-0.4, -0.2) is 66.4 Å². The Kier molecular flexibility index (Phi) is 8.26. The Bertz CT molecular complexity index is 813. The lowest BCUT2D eigenvalue weighted by molar-refractivity contribution is -0.127. The highest BCUT2D eigenvalue weighted by atomic mass is 16.5. The van der Waals surface area contributed by atoms with E-state index in [0.717, 1.165) is 25.0 Å². The van der Waals surface area contributed by atoms with Gasteiger partial charge in [-0.05, 0) is 36.5 Å². The van der Waals surface area contributed by atoms with Gasteiger partial charge >= 0.3 is 0 Å². The topological polar surface area (TPSA) is 83.8 Å². The number of nitrogens with zero attached hydrogens (tertiary/aromatic N) is 4. The Balaban J connectivity index is 1.66. The highest BCUT2D eigenvalue weighted by Gasteiger charge is 2.15. The van der Waals surface area contributed by atoms with E-state index in [1.165, 1.54) is 12.0 Å².